The van der Waals surface area contributed by atoms with Gasteiger partial charge in [0.1, 0.15) is 0 Å². The fourth-order valence-electron chi connectivity index (χ4n) is 1.95. The Labute approximate surface area is 119 Å². The van der Waals surface area contributed by atoms with E-state index < -0.39 is 9.84 Å². The van der Waals surface area contributed by atoms with E-state index >= 15 is 0 Å². The van der Waals surface area contributed by atoms with Gasteiger partial charge in [-0.3, -0.25) is 4.79 Å². The van der Waals surface area contributed by atoms with Crippen molar-refractivity contribution in [3.05, 3.63) is 18.2 Å². The number of amides is 1. The second-order valence-electron chi connectivity index (χ2n) is 4.89. The Balaban J connectivity index is 2.95. The molecule has 0 aliphatic rings. The first-order valence-electron chi connectivity index (χ1n) is 6.19. The zero-order valence-corrected chi connectivity index (χ0v) is 13.0. The van der Waals surface area contributed by atoms with E-state index in [0.717, 1.165) is 6.26 Å². The van der Waals surface area contributed by atoms with Crippen molar-refractivity contribution in [2.45, 2.75) is 11.8 Å². The van der Waals surface area contributed by atoms with Crippen LogP contribution in [0.4, 0.5) is 11.4 Å². The average molecular weight is 299 g/mol. The maximum Gasteiger partial charge on any atom is 0.224 e. The molecule has 0 aromatic heterocycles. The molecule has 1 rings (SSSR count). The van der Waals surface area contributed by atoms with E-state index in [1.54, 1.807) is 13.1 Å². The monoisotopic (exact) mass is 299 g/mol. The summed E-state index contributed by atoms with van der Waals surface area (Å²) < 4.78 is 22.9. The van der Waals surface area contributed by atoms with Crippen molar-refractivity contribution in [2.24, 2.45) is 5.92 Å². The molecule has 0 fully saturated rings. The molecular formula is C13H21N3O3S. The van der Waals surface area contributed by atoms with Crippen LogP contribution in [0, 0.1) is 5.92 Å². The van der Waals surface area contributed by atoms with Crippen molar-refractivity contribution in [2.75, 3.05) is 37.5 Å². The zero-order valence-electron chi connectivity index (χ0n) is 12.2. The van der Waals surface area contributed by atoms with Crippen molar-refractivity contribution < 1.29 is 13.2 Å². The summed E-state index contributed by atoms with van der Waals surface area (Å²) in [7, 11) is 0.131. The molecule has 0 aliphatic heterocycles. The average Bonchev–Trinajstić information content (AvgIpc) is 2.36. The van der Waals surface area contributed by atoms with E-state index in [1.165, 1.54) is 12.1 Å². The van der Waals surface area contributed by atoms with Crippen LogP contribution in [0.2, 0.25) is 0 Å². The predicted octanol–water partition coefficient (Wildman–Crippen LogP) is 0.491. The summed E-state index contributed by atoms with van der Waals surface area (Å²) in [5.41, 5.74) is 6.97. The van der Waals surface area contributed by atoms with Crippen molar-refractivity contribution in [3.8, 4) is 0 Å². The van der Waals surface area contributed by atoms with E-state index in [9.17, 15) is 13.2 Å². The van der Waals surface area contributed by atoms with Crippen LogP contribution in [0.5, 0.6) is 0 Å². The van der Waals surface area contributed by atoms with Crippen molar-refractivity contribution in [1.29, 1.82) is 0 Å². The van der Waals surface area contributed by atoms with Crippen LogP contribution in [0.15, 0.2) is 23.1 Å². The molecule has 0 saturated carbocycles. The largest absolute Gasteiger partial charge is 0.397 e. The standard InChI is InChI=1S/C13H21N3O3S/c1-9(13(17)15-2)8-16(3)12-6-5-10(7-11(12)14)20(4,18)19/h5-7,9H,8,14H2,1-4H3,(H,15,17). The van der Waals surface area contributed by atoms with Gasteiger partial charge in [0.15, 0.2) is 9.84 Å². The summed E-state index contributed by atoms with van der Waals surface area (Å²) in [6.45, 7) is 2.30. The summed E-state index contributed by atoms with van der Waals surface area (Å²) in [5, 5.41) is 2.59. The van der Waals surface area contributed by atoms with Crippen LogP contribution in [0.25, 0.3) is 0 Å². The third-order valence-corrected chi connectivity index (χ3v) is 4.19. The van der Waals surface area contributed by atoms with Gasteiger partial charge in [-0.1, -0.05) is 6.92 Å². The number of hydrogen-bond donors (Lipinski definition) is 2. The topological polar surface area (TPSA) is 92.5 Å². The van der Waals surface area contributed by atoms with E-state index in [0.29, 0.717) is 17.9 Å². The van der Waals surface area contributed by atoms with Crippen molar-refractivity contribution in [3.63, 3.8) is 0 Å². The zero-order chi connectivity index (χ0) is 15.5. The number of nitrogen functional groups attached to an aromatic ring is 1. The summed E-state index contributed by atoms with van der Waals surface area (Å²) >= 11 is 0. The van der Waals surface area contributed by atoms with Gasteiger partial charge in [-0.15, -0.1) is 0 Å². The van der Waals surface area contributed by atoms with Gasteiger partial charge < -0.3 is 16.0 Å². The molecule has 20 heavy (non-hydrogen) atoms. The fraction of sp³-hybridized carbons (Fsp3) is 0.462. The Morgan fingerprint density at radius 3 is 2.50 bits per heavy atom. The molecule has 0 spiro atoms. The number of hydrogen-bond acceptors (Lipinski definition) is 5. The molecule has 0 radical (unpaired) electrons. The molecule has 1 unspecified atom stereocenters. The van der Waals surface area contributed by atoms with Crippen LogP contribution < -0.4 is 16.0 Å². The number of rotatable bonds is 5. The lowest BCUT2D eigenvalue weighted by atomic mass is 10.1. The summed E-state index contributed by atoms with van der Waals surface area (Å²) in [4.78, 5) is 13.5. The van der Waals surface area contributed by atoms with Gasteiger partial charge in [-0.05, 0) is 18.2 Å². The number of nitrogens with two attached hydrogens (primary N) is 1. The van der Waals surface area contributed by atoms with Gasteiger partial charge in [-0.25, -0.2) is 8.42 Å². The minimum absolute atomic E-state index is 0.0526. The van der Waals surface area contributed by atoms with Crippen LogP contribution in [0.3, 0.4) is 0 Å². The van der Waals surface area contributed by atoms with Gasteiger partial charge in [-0.2, -0.15) is 0 Å². The third kappa shape index (κ3) is 3.86. The Kier molecular flexibility index (Phi) is 4.99. The highest BCUT2D eigenvalue weighted by Crippen LogP contribution is 2.26. The predicted molar refractivity (Wildman–Crippen MR) is 80.5 cm³/mol. The molecular weight excluding hydrogens is 278 g/mol. The minimum Gasteiger partial charge on any atom is -0.397 e. The molecule has 1 aromatic carbocycles. The van der Waals surface area contributed by atoms with Crippen molar-refractivity contribution >= 4 is 27.1 Å². The first kappa shape index (κ1) is 16.3. The number of sulfone groups is 1. The van der Waals surface area contributed by atoms with Gasteiger partial charge in [0, 0.05) is 26.9 Å². The molecule has 6 nitrogen and oxygen atoms in total. The first-order valence-corrected chi connectivity index (χ1v) is 8.08. The van der Waals surface area contributed by atoms with Gasteiger partial charge in [0.2, 0.25) is 5.91 Å². The van der Waals surface area contributed by atoms with Gasteiger partial charge in [0.05, 0.1) is 22.2 Å². The maximum absolute atomic E-state index is 11.5. The molecule has 1 atom stereocenters. The van der Waals surface area contributed by atoms with Crippen LogP contribution in [0.1, 0.15) is 6.92 Å². The van der Waals surface area contributed by atoms with Gasteiger partial charge in [0.25, 0.3) is 0 Å². The minimum atomic E-state index is -3.27. The molecule has 1 aromatic rings. The Morgan fingerprint density at radius 2 is 2.05 bits per heavy atom. The molecule has 3 N–H and O–H groups in total. The number of anilines is 2. The quantitative estimate of drug-likeness (QED) is 0.772. The van der Waals surface area contributed by atoms with Crippen molar-refractivity contribution in [1.82, 2.24) is 5.32 Å². The van der Waals surface area contributed by atoms with E-state index in [4.69, 9.17) is 5.73 Å². The molecule has 1 amide bonds. The SMILES string of the molecule is CNC(=O)C(C)CN(C)c1ccc(S(C)(=O)=O)cc1N. The van der Waals surface area contributed by atoms with Crippen LogP contribution in [-0.2, 0) is 14.6 Å². The highest BCUT2D eigenvalue weighted by atomic mass is 32.2. The Bertz CT molecular complexity index is 599. The van der Waals surface area contributed by atoms with Crippen LogP contribution in [-0.4, -0.2) is 41.2 Å². The van der Waals surface area contributed by atoms with Crippen LogP contribution >= 0.6 is 0 Å². The number of carbonyl (C=O) groups excluding carboxylic acids is 1. The second-order valence-corrected chi connectivity index (χ2v) is 6.90. The molecule has 7 heteroatoms. The smallest absolute Gasteiger partial charge is 0.224 e. The highest BCUT2D eigenvalue weighted by Gasteiger charge is 2.16. The van der Waals surface area contributed by atoms with E-state index in [2.05, 4.69) is 5.32 Å². The summed E-state index contributed by atoms with van der Waals surface area (Å²) in [6, 6.07) is 4.61. The second kappa shape index (κ2) is 6.13. The molecule has 0 bridgehead atoms. The molecule has 112 valence electrons. The lowest BCUT2D eigenvalue weighted by Crippen LogP contribution is -2.34. The van der Waals surface area contributed by atoms with Gasteiger partial charge >= 0.3 is 0 Å². The molecule has 0 aliphatic carbocycles. The third-order valence-electron chi connectivity index (χ3n) is 3.08. The Morgan fingerprint density at radius 1 is 1.45 bits per heavy atom. The summed E-state index contributed by atoms with van der Waals surface area (Å²) in [5.74, 6) is -0.248. The lowest BCUT2D eigenvalue weighted by Gasteiger charge is -2.24. The number of nitrogens with one attached hydrogen (secondary N) is 1. The van der Waals surface area contributed by atoms with E-state index in [1.807, 2.05) is 18.9 Å². The normalized spacial score (nSPS) is 12.8. The molecule has 0 heterocycles. The first-order chi connectivity index (χ1) is 9.16. The Hall–Kier alpha value is -1.76. The number of nitrogens with zero attached hydrogens (tertiary/aromatic N) is 1. The fourth-order valence-corrected chi connectivity index (χ4v) is 2.61. The number of benzene rings is 1. The maximum atomic E-state index is 11.5. The lowest BCUT2D eigenvalue weighted by molar-refractivity contribution is -0.123. The highest BCUT2D eigenvalue weighted by molar-refractivity contribution is 7.90. The summed E-state index contributed by atoms with van der Waals surface area (Å²) in [6.07, 6.45) is 1.14. The number of carbonyl (C=O) groups is 1. The molecule has 0 saturated heterocycles. The van der Waals surface area contributed by atoms with E-state index in [-0.39, 0.29) is 16.7 Å².